The molecule has 2 fully saturated rings. The molecular formula is C19H41N3O. The first-order valence-corrected chi connectivity index (χ1v) is 9.75. The Morgan fingerprint density at radius 3 is 1.52 bits per heavy atom. The van der Waals surface area contributed by atoms with Crippen molar-refractivity contribution in [2.45, 2.75) is 53.6 Å². The van der Waals surface area contributed by atoms with E-state index < -0.39 is 0 Å². The van der Waals surface area contributed by atoms with Crippen LogP contribution < -0.4 is 0 Å². The number of likely N-dealkylation sites (N-methyl/N-ethyl adjacent to an activating group) is 1. The largest absolute Gasteiger partial charge is 0.393 e. The zero-order valence-corrected chi connectivity index (χ0v) is 16.3. The number of aliphatic hydroxyl groups excluding tert-OH is 1. The molecule has 0 amide bonds. The number of hydrogen-bond donors (Lipinski definition) is 1. The van der Waals surface area contributed by atoms with E-state index in [4.69, 9.17) is 0 Å². The zero-order valence-electron chi connectivity index (χ0n) is 16.3. The summed E-state index contributed by atoms with van der Waals surface area (Å²) < 4.78 is 0. The summed E-state index contributed by atoms with van der Waals surface area (Å²) in [7, 11) is 0. The molecular weight excluding hydrogens is 286 g/mol. The monoisotopic (exact) mass is 327 g/mol. The molecule has 0 aromatic heterocycles. The predicted molar refractivity (Wildman–Crippen MR) is 99.9 cm³/mol. The molecule has 1 N–H and O–H groups in total. The molecule has 0 aliphatic carbocycles. The molecule has 0 saturated carbocycles. The lowest BCUT2D eigenvalue weighted by molar-refractivity contribution is 0.0772. The van der Waals surface area contributed by atoms with Gasteiger partial charge in [-0.25, -0.2) is 0 Å². The third-order valence-corrected chi connectivity index (χ3v) is 4.72. The molecule has 4 heteroatoms. The molecule has 0 radical (unpaired) electrons. The van der Waals surface area contributed by atoms with Gasteiger partial charge in [-0.15, -0.1) is 0 Å². The van der Waals surface area contributed by atoms with Crippen molar-refractivity contribution < 1.29 is 5.11 Å². The summed E-state index contributed by atoms with van der Waals surface area (Å²) in [5, 5.41) is 9.23. The lowest BCUT2D eigenvalue weighted by Gasteiger charge is -2.34. The van der Waals surface area contributed by atoms with Crippen molar-refractivity contribution in [2.75, 3.05) is 58.9 Å². The Labute approximate surface area is 144 Å². The van der Waals surface area contributed by atoms with E-state index >= 15 is 0 Å². The van der Waals surface area contributed by atoms with Crippen molar-refractivity contribution in [3.05, 3.63) is 0 Å². The minimum Gasteiger partial charge on any atom is -0.393 e. The average molecular weight is 328 g/mol. The van der Waals surface area contributed by atoms with Crippen LogP contribution >= 0.6 is 0 Å². The number of aliphatic hydroxyl groups is 1. The molecule has 0 atom stereocenters. The molecule has 2 aliphatic heterocycles. The first-order chi connectivity index (χ1) is 10.9. The Balaban J connectivity index is 0.000000231. The quantitative estimate of drug-likeness (QED) is 0.840. The third kappa shape index (κ3) is 9.65. The van der Waals surface area contributed by atoms with Gasteiger partial charge in [-0.3, -0.25) is 0 Å². The zero-order chi connectivity index (χ0) is 17.2. The summed E-state index contributed by atoms with van der Waals surface area (Å²) >= 11 is 0. The van der Waals surface area contributed by atoms with Gasteiger partial charge < -0.3 is 19.8 Å². The highest BCUT2D eigenvalue weighted by Gasteiger charge is 2.17. The lowest BCUT2D eigenvalue weighted by Crippen LogP contribution is -2.47. The highest BCUT2D eigenvalue weighted by molar-refractivity contribution is 4.72. The summed E-state index contributed by atoms with van der Waals surface area (Å²) in [6.07, 6.45) is 1.90. The van der Waals surface area contributed by atoms with Crippen LogP contribution in [-0.4, -0.2) is 84.8 Å². The summed E-state index contributed by atoms with van der Waals surface area (Å²) in [6, 6.07) is 0. The van der Waals surface area contributed by atoms with Crippen molar-refractivity contribution in [2.24, 2.45) is 11.8 Å². The van der Waals surface area contributed by atoms with Gasteiger partial charge in [0.15, 0.2) is 0 Å². The number of rotatable bonds is 5. The van der Waals surface area contributed by atoms with Crippen LogP contribution in [-0.2, 0) is 0 Å². The number of piperazine rings is 1. The van der Waals surface area contributed by atoms with E-state index in [1.54, 1.807) is 0 Å². The molecule has 23 heavy (non-hydrogen) atoms. The van der Waals surface area contributed by atoms with Gasteiger partial charge in [0.05, 0.1) is 6.10 Å². The molecule has 0 bridgehead atoms. The summed E-state index contributed by atoms with van der Waals surface area (Å²) in [4.78, 5) is 7.55. The maximum atomic E-state index is 9.23. The highest BCUT2D eigenvalue weighted by atomic mass is 16.3. The summed E-state index contributed by atoms with van der Waals surface area (Å²) in [6.45, 7) is 22.2. The van der Waals surface area contributed by atoms with Crippen LogP contribution in [0, 0.1) is 11.8 Å². The average Bonchev–Trinajstić information content (AvgIpc) is 2.50. The van der Waals surface area contributed by atoms with Gasteiger partial charge in [0, 0.05) is 52.4 Å². The second kappa shape index (κ2) is 11.4. The van der Waals surface area contributed by atoms with Gasteiger partial charge in [0.1, 0.15) is 0 Å². The van der Waals surface area contributed by atoms with E-state index in [0.29, 0.717) is 0 Å². The lowest BCUT2D eigenvalue weighted by atomic mass is 10.1. The molecule has 2 rings (SSSR count). The Morgan fingerprint density at radius 1 is 0.739 bits per heavy atom. The highest BCUT2D eigenvalue weighted by Crippen LogP contribution is 2.11. The van der Waals surface area contributed by atoms with Gasteiger partial charge in [-0.05, 0) is 31.2 Å². The topological polar surface area (TPSA) is 30.0 Å². The van der Waals surface area contributed by atoms with Crippen LogP contribution in [0.4, 0.5) is 0 Å². The van der Waals surface area contributed by atoms with Crippen LogP contribution in [0.2, 0.25) is 0 Å². The second-order valence-corrected chi connectivity index (χ2v) is 8.05. The number of hydrogen-bond acceptors (Lipinski definition) is 4. The van der Waals surface area contributed by atoms with Crippen molar-refractivity contribution in [1.82, 2.24) is 14.7 Å². The van der Waals surface area contributed by atoms with Crippen molar-refractivity contribution in [1.29, 1.82) is 0 Å². The Kier molecular flexibility index (Phi) is 10.4. The Morgan fingerprint density at radius 2 is 1.13 bits per heavy atom. The fourth-order valence-electron chi connectivity index (χ4n) is 3.42. The van der Waals surface area contributed by atoms with E-state index in [1.807, 2.05) is 0 Å². The molecule has 2 aliphatic rings. The van der Waals surface area contributed by atoms with Gasteiger partial charge in [-0.2, -0.15) is 0 Å². The van der Waals surface area contributed by atoms with Gasteiger partial charge in [0.25, 0.3) is 0 Å². The standard InChI is InChI=1S/C10H22N2.C9H19NO/c1-4-11-5-7-12(8-6-11)9-10(2)3;1-8(2)7-10-5-3-9(11)4-6-10/h10H,4-9H2,1-3H3;8-9,11H,3-7H2,1-2H3. The minimum atomic E-state index is -0.0292. The SMILES string of the molecule is CC(C)CN1CCC(O)CC1.CCN1CCN(CC(C)C)CC1. The second-order valence-electron chi connectivity index (χ2n) is 8.05. The smallest absolute Gasteiger partial charge is 0.0564 e. The fraction of sp³-hybridized carbons (Fsp3) is 1.00. The summed E-state index contributed by atoms with van der Waals surface area (Å²) in [5.74, 6) is 1.57. The van der Waals surface area contributed by atoms with E-state index in [-0.39, 0.29) is 6.10 Å². The Bertz CT molecular complexity index is 280. The maximum absolute atomic E-state index is 9.23. The van der Waals surface area contributed by atoms with Crippen LogP contribution in [0.25, 0.3) is 0 Å². The van der Waals surface area contributed by atoms with Gasteiger partial charge in [-0.1, -0.05) is 34.6 Å². The van der Waals surface area contributed by atoms with Crippen molar-refractivity contribution in [3.63, 3.8) is 0 Å². The van der Waals surface area contributed by atoms with E-state index in [0.717, 1.165) is 37.8 Å². The normalized spacial score (nSPS) is 22.4. The van der Waals surface area contributed by atoms with Crippen LogP contribution in [0.15, 0.2) is 0 Å². The molecule has 0 aromatic rings. The van der Waals surface area contributed by atoms with Crippen LogP contribution in [0.5, 0.6) is 0 Å². The van der Waals surface area contributed by atoms with Gasteiger partial charge >= 0.3 is 0 Å². The van der Waals surface area contributed by atoms with E-state index in [2.05, 4.69) is 49.3 Å². The molecule has 138 valence electrons. The first-order valence-electron chi connectivity index (χ1n) is 9.75. The number of likely N-dealkylation sites (tertiary alicyclic amines) is 1. The molecule has 0 spiro atoms. The molecule has 2 saturated heterocycles. The number of nitrogens with zero attached hydrogens (tertiary/aromatic N) is 3. The minimum absolute atomic E-state index is 0.0292. The summed E-state index contributed by atoms with van der Waals surface area (Å²) in [5.41, 5.74) is 0. The molecule has 2 heterocycles. The van der Waals surface area contributed by atoms with Crippen LogP contribution in [0.1, 0.15) is 47.5 Å². The predicted octanol–water partition coefficient (Wildman–Crippen LogP) is 2.38. The van der Waals surface area contributed by atoms with Crippen molar-refractivity contribution in [3.8, 4) is 0 Å². The van der Waals surface area contributed by atoms with Crippen LogP contribution in [0.3, 0.4) is 0 Å². The fourth-order valence-corrected chi connectivity index (χ4v) is 3.42. The van der Waals surface area contributed by atoms with E-state index in [9.17, 15) is 5.11 Å². The molecule has 0 unspecified atom stereocenters. The molecule has 0 aromatic carbocycles. The van der Waals surface area contributed by atoms with Crippen molar-refractivity contribution >= 4 is 0 Å². The van der Waals surface area contributed by atoms with E-state index in [1.165, 1.54) is 45.8 Å². The van der Waals surface area contributed by atoms with Gasteiger partial charge in [0.2, 0.25) is 0 Å². The molecule has 4 nitrogen and oxygen atoms in total. The third-order valence-electron chi connectivity index (χ3n) is 4.72. The maximum Gasteiger partial charge on any atom is 0.0564 e. The number of piperidine rings is 1. The first kappa shape index (κ1) is 20.9. The Hall–Kier alpha value is -0.160.